The topological polar surface area (TPSA) is 21.3 Å². The summed E-state index contributed by atoms with van der Waals surface area (Å²) < 4.78 is 5.55. The molecular formula is C12H25NO. The summed E-state index contributed by atoms with van der Waals surface area (Å²) in [6.45, 7) is 9.61. The van der Waals surface area contributed by atoms with E-state index >= 15 is 0 Å². The number of nitrogens with one attached hydrogen (secondary N) is 1. The van der Waals surface area contributed by atoms with Gasteiger partial charge in [-0.05, 0) is 44.6 Å². The van der Waals surface area contributed by atoms with Crippen molar-refractivity contribution in [2.75, 3.05) is 19.8 Å². The summed E-state index contributed by atoms with van der Waals surface area (Å²) in [5.41, 5.74) is 0.432. The Bertz CT molecular complexity index is 160. The molecule has 14 heavy (non-hydrogen) atoms. The highest BCUT2D eigenvalue weighted by molar-refractivity contribution is 4.89. The Morgan fingerprint density at radius 3 is 2.86 bits per heavy atom. The zero-order chi connectivity index (χ0) is 10.4. The second-order valence-corrected chi connectivity index (χ2v) is 4.84. The molecule has 0 bridgehead atoms. The van der Waals surface area contributed by atoms with Gasteiger partial charge in [0, 0.05) is 12.6 Å². The van der Waals surface area contributed by atoms with Gasteiger partial charge < -0.3 is 10.1 Å². The number of ether oxygens (including phenoxy) is 1. The van der Waals surface area contributed by atoms with E-state index in [2.05, 4.69) is 26.1 Å². The molecule has 2 nitrogen and oxygen atoms in total. The van der Waals surface area contributed by atoms with Crippen LogP contribution in [0.1, 0.15) is 46.5 Å². The first kappa shape index (κ1) is 12.0. The number of hydrogen-bond acceptors (Lipinski definition) is 2. The van der Waals surface area contributed by atoms with Gasteiger partial charge in [0.1, 0.15) is 0 Å². The minimum atomic E-state index is 0.432. The van der Waals surface area contributed by atoms with Crippen molar-refractivity contribution in [3.63, 3.8) is 0 Å². The standard InChI is InChI=1S/C12H25NO/c1-4-8-13-11-6-7-12(3,9-11)10-14-5-2/h11,13H,4-10H2,1-3H3. The predicted octanol–water partition coefficient (Wildman–Crippen LogP) is 2.58. The summed E-state index contributed by atoms with van der Waals surface area (Å²) in [6, 6.07) is 0.736. The molecule has 1 aliphatic carbocycles. The quantitative estimate of drug-likeness (QED) is 0.710. The lowest BCUT2D eigenvalue weighted by molar-refractivity contribution is 0.0632. The van der Waals surface area contributed by atoms with E-state index in [1.807, 2.05) is 0 Å². The van der Waals surface area contributed by atoms with Crippen molar-refractivity contribution in [1.29, 1.82) is 0 Å². The predicted molar refractivity (Wildman–Crippen MR) is 60.5 cm³/mol. The number of rotatable bonds is 6. The van der Waals surface area contributed by atoms with Crippen LogP contribution in [0.2, 0.25) is 0 Å². The van der Waals surface area contributed by atoms with Crippen LogP contribution in [0.5, 0.6) is 0 Å². The van der Waals surface area contributed by atoms with Gasteiger partial charge in [-0.1, -0.05) is 13.8 Å². The second kappa shape index (κ2) is 5.72. The summed E-state index contributed by atoms with van der Waals surface area (Å²) in [6.07, 6.45) is 5.16. The normalized spacial score (nSPS) is 32.4. The summed E-state index contributed by atoms with van der Waals surface area (Å²) in [5.74, 6) is 0. The smallest absolute Gasteiger partial charge is 0.0520 e. The van der Waals surface area contributed by atoms with Crippen LogP contribution in [0.25, 0.3) is 0 Å². The van der Waals surface area contributed by atoms with Crippen LogP contribution in [-0.4, -0.2) is 25.8 Å². The van der Waals surface area contributed by atoms with Crippen LogP contribution in [-0.2, 0) is 4.74 Å². The maximum absolute atomic E-state index is 5.55. The zero-order valence-corrected chi connectivity index (χ0v) is 9.94. The molecule has 0 saturated heterocycles. The molecule has 0 aromatic carbocycles. The average Bonchev–Trinajstić information content (AvgIpc) is 2.55. The first-order valence-electron chi connectivity index (χ1n) is 6.01. The van der Waals surface area contributed by atoms with E-state index in [1.165, 1.54) is 25.7 Å². The monoisotopic (exact) mass is 199 g/mol. The van der Waals surface area contributed by atoms with Crippen molar-refractivity contribution in [2.24, 2.45) is 5.41 Å². The molecule has 84 valence electrons. The van der Waals surface area contributed by atoms with Gasteiger partial charge in [0.05, 0.1) is 6.61 Å². The van der Waals surface area contributed by atoms with Gasteiger partial charge in [0.15, 0.2) is 0 Å². The van der Waals surface area contributed by atoms with Crippen molar-refractivity contribution in [3.8, 4) is 0 Å². The molecule has 0 aromatic rings. The van der Waals surface area contributed by atoms with Crippen LogP contribution < -0.4 is 5.32 Å². The molecule has 1 fully saturated rings. The van der Waals surface area contributed by atoms with E-state index in [-0.39, 0.29) is 0 Å². The molecule has 1 rings (SSSR count). The van der Waals surface area contributed by atoms with Crippen molar-refractivity contribution in [1.82, 2.24) is 5.32 Å². The molecule has 0 aromatic heterocycles. The third-order valence-electron chi connectivity index (χ3n) is 3.17. The molecule has 1 saturated carbocycles. The van der Waals surface area contributed by atoms with Crippen LogP contribution in [0, 0.1) is 5.41 Å². The van der Waals surface area contributed by atoms with Gasteiger partial charge in [-0.3, -0.25) is 0 Å². The van der Waals surface area contributed by atoms with Crippen molar-refractivity contribution < 1.29 is 4.74 Å². The van der Waals surface area contributed by atoms with Gasteiger partial charge in [-0.15, -0.1) is 0 Å². The fourth-order valence-corrected chi connectivity index (χ4v) is 2.32. The van der Waals surface area contributed by atoms with Gasteiger partial charge in [-0.2, -0.15) is 0 Å². The molecule has 2 unspecified atom stereocenters. The average molecular weight is 199 g/mol. The highest BCUT2D eigenvalue weighted by Crippen LogP contribution is 2.37. The summed E-state index contributed by atoms with van der Waals surface area (Å²) in [5, 5.41) is 3.61. The van der Waals surface area contributed by atoms with E-state index in [9.17, 15) is 0 Å². The van der Waals surface area contributed by atoms with Gasteiger partial charge in [-0.25, -0.2) is 0 Å². The lowest BCUT2D eigenvalue weighted by atomic mass is 9.90. The van der Waals surface area contributed by atoms with E-state index < -0.39 is 0 Å². The Morgan fingerprint density at radius 2 is 2.21 bits per heavy atom. The molecule has 0 aliphatic heterocycles. The number of hydrogen-bond donors (Lipinski definition) is 1. The van der Waals surface area contributed by atoms with E-state index in [0.29, 0.717) is 5.41 Å². The van der Waals surface area contributed by atoms with Crippen molar-refractivity contribution >= 4 is 0 Å². The Kier molecular flexibility index (Phi) is 4.90. The minimum absolute atomic E-state index is 0.432. The molecule has 0 amide bonds. The molecule has 2 heteroatoms. The zero-order valence-electron chi connectivity index (χ0n) is 9.94. The van der Waals surface area contributed by atoms with Crippen LogP contribution in [0.15, 0.2) is 0 Å². The first-order chi connectivity index (χ1) is 6.70. The second-order valence-electron chi connectivity index (χ2n) is 4.84. The SMILES string of the molecule is CCCNC1CCC(C)(COCC)C1. The molecule has 1 N–H and O–H groups in total. The largest absolute Gasteiger partial charge is 0.381 e. The Morgan fingerprint density at radius 1 is 1.43 bits per heavy atom. The van der Waals surface area contributed by atoms with Crippen molar-refractivity contribution in [3.05, 3.63) is 0 Å². The van der Waals surface area contributed by atoms with E-state index in [0.717, 1.165) is 25.8 Å². The fraction of sp³-hybridized carbons (Fsp3) is 1.00. The van der Waals surface area contributed by atoms with Gasteiger partial charge >= 0.3 is 0 Å². The van der Waals surface area contributed by atoms with Gasteiger partial charge in [0.2, 0.25) is 0 Å². The van der Waals surface area contributed by atoms with Gasteiger partial charge in [0.25, 0.3) is 0 Å². The highest BCUT2D eigenvalue weighted by atomic mass is 16.5. The van der Waals surface area contributed by atoms with Crippen LogP contribution >= 0.6 is 0 Å². The van der Waals surface area contributed by atoms with Crippen LogP contribution in [0.4, 0.5) is 0 Å². The summed E-state index contributed by atoms with van der Waals surface area (Å²) in [7, 11) is 0. The summed E-state index contributed by atoms with van der Waals surface area (Å²) in [4.78, 5) is 0. The van der Waals surface area contributed by atoms with E-state index in [4.69, 9.17) is 4.74 Å². The highest BCUT2D eigenvalue weighted by Gasteiger charge is 2.34. The Hall–Kier alpha value is -0.0800. The van der Waals surface area contributed by atoms with Crippen molar-refractivity contribution in [2.45, 2.75) is 52.5 Å². The molecule has 0 heterocycles. The molecule has 0 spiro atoms. The lowest BCUT2D eigenvalue weighted by Crippen LogP contribution is -2.29. The first-order valence-corrected chi connectivity index (χ1v) is 6.01. The molecular weight excluding hydrogens is 174 g/mol. The fourth-order valence-electron chi connectivity index (χ4n) is 2.32. The maximum atomic E-state index is 5.55. The maximum Gasteiger partial charge on any atom is 0.0520 e. The summed E-state index contributed by atoms with van der Waals surface area (Å²) >= 11 is 0. The third-order valence-corrected chi connectivity index (χ3v) is 3.17. The lowest BCUT2D eigenvalue weighted by Gasteiger charge is -2.23. The van der Waals surface area contributed by atoms with Crippen LogP contribution in [0.3, 0.4) is 0 Å². The minimum Gasteiger partial charge on any atom is -0.381 e. The third kappa shape index (κ3) is 3.58. The molecule has 2 atom stereocenters. The molecule has 0 radical (unpaired) electrons. The molecule has 1 aliphatic rings. The Labute approximate surface area is 88.4 Å². The Balaban J connectivity index is 2.24. The van der Waals surface area contributed by atoms with E-state index in [1.54, 1.807) is 0 Å².